The van der Waals surface area contributed by atoms with E-state index in [1.54, 1.807) is 0 Å². The van der Waals surface area contributed by atoms with E-state index in [9.17, 15) is 0 Å². The molecule has 0 saturated carbocycles. The fourth-order valence-electron chi connectivity index (χ4n) is 3.29. The normalized spacial score (nSPS) is 10.9. The fraction of sp³-hybridized carbons (Fsp3) is 0.130. The van der Waals surface area contributed by atoms with Crippen LogP contribution in [0.25, 0.3) is 21.5 Å². The van der Waals surface area contributed by atoms with E-state index in [0.29, 0.717) is 0 Å². The van der Waals surface area contributed by atoms with Gasteiger partial charge in [0.1, 0.15) is 0 Å². The molecule has 0 bridgehead atoms. The van der Waals surface area contributed by atoms with Gasteiger partial charge >= 0.3 is 0 Å². The minimum atomic E-state index is 0.950. The van der Waals surface area contributed by atoms with Gasteiger partial charge in [0.15, 0.2) is 0 Å². The monoisotopic (exact) mass is 326 g/mol. The number of hydrogen-bond donors (Lipinski definition) is 2. The van der Waals surface area contributed by atoms with E-state index < -0.39 is 0 Å². The van der Waals surface area contributed by atoms with Crippen LogP contribution in [0.1, 0.15) is 6.42 Å². The van der Waals surface area contributed by atoms with Crippen LogP contribution in [0.15, 0.2) is 84.9 Å². The largest absolute Gasteiger partial charge is 0.384 e. The molecule has 0 amide bonds. The third kappa shape index (κ3) is 3.43. The Hall–Kier alpha value is -3.00. The van der Waals surface area contributed by atoms with Crippen molar-refractivity contribution in [3.8, 4) is 0 Å². The molecule has 0 aliphatic rings. The first-order valence-corrected chi connectivity index (χ1v) is 8.85. The molecule has 2 heteroatoms. The van der Waals surface area contributed by atoms with Crippen molar-refractivity contribution in [1.82, 2.24) is 0 Å². The van der Waals surface area contributed by atoms with Crippen LogP contribution in [-0.2, 0) is 0 Å². The Morgan fingerprint density at radius 1 is 0.480 bits per heavy atom. The van der Waals surface area contributed by atoms with E-state index in [1.807, 2.05) is 0 Å². The van der Waals surface area contributed by atoms with Gasteiger partial charge in [0.05, 0.1) is 0 Å². The van der Waals surface area contributed by atoms with Crippen molar-refractivity contribution in [2.75, 3.05) is 23.7 Å². The van der Waals surface area contributed by atoms with E-state index in [-0.39, 0.29) is 0 Å². The van der Waals surface area contributed by atoms with Crippen LogP contribution in [0.3, 0.4) is 0 Å². The lowest BCUT2D eigenvalue weighted by molar-refractivity contribution is 0.911. The second-order valence-electron chi connectivity index (χ2n) is 6.26. The summed E-state index contributed by atoms with van der Waals surface area (Å²) in [6.07, 6.45) is 1.06. The molecule has 25 heavy (non-hydrogen) atoms. The van der Waals surface area contributed by atoms with Crippen LogP contribution in [0, 0.1) is 0 Å². The van der Waals surface area contributed by atoms with Crippen LogP contribution in [0.5, 0.6) is 0 Å². The molecular formula is C23H22N2. The third-order valence-electron chi connectivity index (χ3n) is 4.56. The summed E-state index contributed by atoms with van der Waals surface area (Å²) in [5, 5.41) is 12.3. The average molecular weight is 326 g/mol. The third-order valence-corrected chi connectivity index (χ3v) is 4.56. The molecule has 4 aromatic rings. The lowest BCUT2D eigenvalue weighted by Crippen LogP contribution is -2.09. The smallest absolute Gasteiger partial charge is 0.0419 e. The van der Waals surface area contributed by atoms with Gasteiger partial charge in [-0.15, -0.1) is 0 Å². The number of nitrogens with one attached hydrogen (secondary N) is 2. The fourth-order valence-corrected chi connectivity index (χ4v) is 3.29. The lowest BCUT2D eigenvalue weighted by Gasteiger charge is -2.12. The molecule has 0 atom stereocenters. The maximum atomic E-state index is 3.57. The van der Waals surface area contributed by atoms with Crippen LogP contribution in [0.2, 0.25) is 0 Å². The van der Waals surface area contributed by atoms with Gasteiger partial charge in [-0.2, -0.15) is 0 Å². The summed E-state index contributed by atoms with van der Waals surface area (Å²) in [7, 11) is 0. The van der Waals surface area contributed by atoms with Gasteiger partial charge in [-0.25, -0.2) is 0 Å². The zero-order valence-electron chi connectivity index (χ0n) is 14.2. The van der Waals surface area contributed by atoms with Crippen molar-refractivity contribution in [2.24, 2.45) is 0 Å². The van der Waals surface area contributed by atoms with E-state index in [2.05, 4.69) is 95.6 Å². The average Bonchev–Trinajstić information content (AvgIpc) is 2.68. The topological polar surface area (TPSA) is 24.1 Å². The summed E-state index contributed by atoms with van der Waals surface area (Å²) in [6.45, 7) is 1.90. The molecule has 4 rings (SSSR count). The van der Waals surface area contributed by atoms with Gasteiger partial charge < -0.3 is 10.6 Å². The molecule has 2 N–H and O–H groups in total. The van der Waals surface area contributed by atoms with Gasteiger partial charge in [0.25, 0.3) is 0 Å². The van der Waals surface area contributed by atoms with E-state index >= 15 is 0 Å². The molecule has 0 aromatic heterocycles. The molecule has 0 radical (unpaired) electrons. The second-order valence-corrected chi connectivity index (χ2v) is 6.26. The first-order chi connectivity index (χ1) is 12.4. The number of rotatable bonds is 6. The summed E-state index contributed by atoms with van der Waals surface area (Å²) in [5.74, 6) is 0. The lowest BCUT2D eigenvalue weighted by atomic mass is 10.1. The van der Waals surface area contributed by atoms with Crippen molar-refractivity contribution >= 4 is 32.9 Å². The summed E-state index contributed by atoms with van der Waals surface area (Å²) >= 11 is 0. The molecule has 0 aliphatic heterocycles. The molecule has 0 spiro atoms. The molecule has 0 fully saturated rings. The van der Waals surface area contributed by atoms with Gasteiger partial charge in [-0.05, 0) is 29.3 Å². The van der Waals surface area contributed by atoms with Crippen LogP contribution < -0.4 is 10.6 Å². The predicted molar refractivity (Wildman–Crippen MR) is 109 cm³/mol. The van der Waals surface area contributed by atoms with Crippen molar-refractivity contribution in [1.29, 1.82) is 0 Å². The Balaban J connectivity index is 1.35. The van der Waals surface area contributed by atoms with Crippen LogP contribution in [-0.4, -0.2) is 13.1 Å². The maximum Gasteiger partial charge on any atom is 0.0419 e. The molecular weight excluding hydrogens is 304 g/mol. The molecule has 2 nitrogen and oxygen atoms in total. The molecule has 0 unspecified atom stereocenters. The molecule has 4 aromatic carbocycles. The van der Waals surface area contributed by atoms with Crippen LogP contribution >= 0.6 is 0 Å². The highest BCUT2D eigenvalue weighted by Crippen LogP contribution is 2.24. The first-order valence-electron chi connectivity index (χ1n) is 8.85. The number of hydrogen-bond acceptors (Lipinski definition) is 2. The minimum absolute atomic E-state index is 0.950. The number of anilines is 2. The Morgan fingerprint density at radius 3 is 1.44 bits per heavy atom. The molecule has 124 valence electrons. The molecule has 0 aliphatic carbocycles. The van der Waals surface area contributed by atoms with E-state index in [4.69, 9.17) is 0 Å². The highest BCUT2D eigenvalue weighted by Gasteiger charge is 2.01. The first kappa shape index (κ1) is 15.5. The van der Waals surface area contributed by atoms with Crippen LogP contribution in [0.4, 0.5) is 11.4 Å². The van der Waals surface area contributed by atoms with Gasteiger partial charge in [-0.3, -0.25) is 0 Å². The highest BCUT2D eigenvalue weighted by atomic mass is 14.9. The zero-order chi connectivity index (χ0) is 16.9. The van der Waals surface area contributed by atoms with Gasteiger partial charge in [0.2, 0.25) is 0 Å². The number of benzene rings is 4. The standard InChI is InChI=1S/C23H22N2/c1-3-12-20-18(8-1)10-5-14-22(20)24-16-7-17-25-23-15-6-11-19-9-2-4-13-21(19)23/h1-6,8-15,24-25H,7,16-17H2. The van der Waals surface area contributed by atoms with Crippen molar-refractivity contribution in [2.45, 2.75) is 6.42 Å². The summed E-state index contributed by atoms with van der Waals surface area (Å²) in [4.78, 5) is 0. The SMILES string of the molecule is c1ccc2c(NCCCNc3cccc4ccccc34)cccc2c1. The second kappa shape index (κ2) is 7.27. The van der Waals surface area contributed by atoms with Crippen molar-refractivity contribution < 1.29 is 0 Å². The van der Waals surface area contributed by atoms with E-state index in [0.717, 1.165) is 19.5 Å². The van der Waals surface area contributed by atoms with Crippen molar-refractivity contribution in [3.05, 3.63) is 84.9 Å². The summed E-state index contributed by atoms with van der Waals surface area (Å²) in [5.41, 5.74) is 2.42. The van der Waals surface area contributed by atoms with Gasteiger partial charge in [-0.1, -0.05) is 72.8 Å². The Morgan fingerprint density at radius 2 is 0.920 bits per heavy atom. The number of fused-ring (bicyclic) bond motifs is 2. The maximum absolute atomic E-state index is 3.57. The molecule has 0 saturated heterocycles. The Labute approximate surface area is 148 Å². The highest BCUT2D eigenvalue weighted by molar-refractivity contribution is 5.94. The quantitative estimate of drug-likeness (QED) is 0.431. The summed E-state index contributed by atoms with van der Waals surface area (Å²) in [6, 6.07) is 29.8. The predicted octanol–water partition coefficient (Wildman–Crippen LogP) is 5.91. The Kier molecular flexibility index (Phi) is 4.51. The molecule has 0 heterocycles. The zero-order valence-corrected chi connectivity index (χ0v) is 14.2. The van der Waals surface area contributed by atoms with E-state index in [1.165, 1.54) is 32.9 Å². The Bertz CT molecular complexity index is 899. The van der Waals surface area contributed by atoms with Gasteiger partial charge in [0, 0.05) is 35.2 Å². The van der Waals surface area contributed by atoms with Crippen molar-refractivity contribution in [3.63, 3.8) is 0 Å². The summed E-state index contributed by atoms with van der Waals surface area (Å²) < 4.78 is 0. The minimum Gasteiger partial charge on any atom is -0.384 e.